The van der Waals surface area contributed by atoms with Crippen LogP contribution < -0.4 is 0.193 Å². The van der Waals surface area contributed by atoms with E-state index in [0.29, 0.717) is 11.8 Å². The van der Waals surface area contributed by atoms with Crippen LogP contribution in [0.25, 0.3) is 43.0 Å². The molecular weight excluding hydrogens is 532 g/mol. The monoisotopic (exact) mass is 556 g/mol. The summed E-state index contributed by atoms with van der Waals surface area (Å²) in [5.41, 5.74) is 6.14. The van der Waals surface area contributed by atoms with E-state index in [2.05, 4.69) is 85.1 Å². The molecule has 4 nitrogen and oxygen atoms in total. The number of hydrogen-bond acceptors (Lipinski definition) is 3. The first kappa shape index (κ1) is 21.0. The van der Waals surface area contributed by atoms with Crippen molar-refractivity contribution >= 4 is 21.6 Å². The maximum atomic E-state index is 4.88. The van der Waals surface area contributed by atoms with Crippen LogP contribution in [0.3, 0.4) is 0 Å². The molecule has 0 saturated heterocycles. The van der Waals surface area contributed by atoms with Gasteiger partial charge in [0, 0.05) is 0 Å². The molecule has 6 heteroatoms. The summed E-state index contributed by atoms with van der Waals surface area (Å²) < 4.78 is 4.09. The fourth-order valence-electron chi connectivity index (χ4n) is 4.02. The molecule has 0 fully saturated rings. The SMILES string of the molecule is CC(C)c1ncc(-c2cc3ccc(-c4ccc5c(c4)[Xe]c4[nH]c(C(C)C)nc4-5)cc3s2)[nH]1. The third-order valence-corrected chi connectivity index (χ3v) is 9.62. The van der Waals surface area contributed by atoms with E-state index in [9.17, 15) is 0 Å². The van der Waals surface area contributed by atoms with E-state index in [0.717, 1.165) is 17.3 Å². The van der Waals surface area contributed by atoms with Crippen LogP contribution in [0.5, 0.6) is 0 Å². The Bertz CT molecular complexity index is 1470. The van der Waals surface area contributed by atoms with Gasteiger partial charge in [0.25, 0.3) is 0 Å². The second-order valence-electron chi connectivity index (χ2n) is 8.90. The van der Waals surface area contributed by atoms with Gasteiger partial charge in [-0.25, -0.2) is 0 Å². The number of thiophene rings is 1. The van der Waals surface area contributed by atoms with Crippen LogP contribution in [0, 0.1) is 44.2 Å². The van der Waals surface area contributed by atoms with Gasteiger partial charge < -0.3 is 0 Å². The first-order chi connectivity index (χ1) is 15.5. The van der Waals surface area contributed by atoms with E-state index >= 15 is 0 Å². The summed E-state index contributed by atoms with van der Waals surface area (Å²) in [6.07, 6.45) is 1.96. The molecule has 3 aromatic heterocycles. The van der Waals surface area contributed by atoms with Crippen molar-refractivity contribution in [3.05, 3.63) is 60.3 Å². The first-order valence-electron chi connectivity index (χ1n) is 10.9. The van der Waals surface area contributed by atoms with Crippen LogP contribution in [0.2, 0.25) is 0 Å². The summed E-state index contributed by atoms with van der Waals surface area (Å²) in [6.45, 7) is 8.70. The molecule has 0 saturated carbocycles. The number of imidazole rings is 2. The fraction of sp³-hybridized carbons (Fsp3) is 0.231. The molecule has 32 heavy (non-hydrogen) atoms. The van der Waals surface area contributed by atoms with E-state index in [1.165, 1.54) is 37.5 Å². The van der Waals surface area contributed by atoms with Gasteiger partial charge >= 0.3 is 205 Å². The molecular formula is C26H24N4SXe. The number of aromatic nitrogens is 4. The molecule has 2 aromatic carbocycles. The summed E-state index contributed by atoms with van der Waals surface area (Å²) in [5, 5.41) is 1.28. The normalized spacial score (nSPS) is 13.1. The van der Waals surface area contributed by atoms with E-state index in [4.69, 9.17) is 4.98 Å². The van der Waals surface area contributed by atoms with Gasteiger partial charge in [-0.3, -0.25) is 0 Å². The fourth-order valence-corrected chi connectivity index (χ4v) is 7.78. The molecule has 1 aliphatic rings. The number of H-pyrrole nitrogens is 2. The quantitative estimate of drug-likeness (QED) is 0.283. The van der Waals surface area contributed by atoms with Gasteiger partial charge in [0.2, 0.25) is 0 Å². The summed E-state index contributed by atoms with van der Waals surface area (Å²) >= 11 is 1.83. The van der Waals surface area contributed by atoms with Gasteiger partial charge in [-0.2, -0.15) is 0 Å². The Morgan fingerprint density at radius 2 is 1.66 bits per heavy atom. The van der Waals surface area contributed by atoms with E-state index in [1.54, 1.807) is 0 Å². The molecule has 5 aromatic rings. The van der Waals surface area contributed by atoms with Crippen molar-refractivity contribution in [2.75, 3.05) is 0 Å². The third kappa shape index (κ3) is 3.56. The summed E-state index contributed by atoms with van der Waals surface area (Å²) in [4.78, 5) is 17.7. The van der Waals surface area contributed by atoms with Crippen LogP contribution in [0.15, 0.2) is 48.7 Å². The maximum absolute atomic E-state index is 4.88. The van der Waals surface area contributed by atoms with Gasteiger partial charge in [-0.15, -0.1) is 0 Å². The molecule has 0 spiro atoms. The van der Waals surface area contributed by atoms with Gasteiger partial charge in [0.05, 0.1) is 0 Å². The Morgan fingerprint density at radius 1 is 0.875 bits per heavy atom. The second-order valence-corrected chi connectivity index (χ2v) is 12.6. The standard InChI is InChI=1S/C26H24N4SXe/c1-13(2)24-27-12-19(28-24)21-10-17-6-5-15(9-20(17)31-21)16-7-8-18-22(11-16)32-26-23(18)29-25(30-26)14(3)4/h5-14H,1-4H3,(H,27,28)(H,29,30). The Morgan fingerprint density at radius 3 is 2.44 bits per heavy atom. The van der Waals surface area contributed by atoms with Gasteiger partial charge in [-0.05, 0) is 0 Å². The summed E-state index contributed by atoms with van der Waals surface area (Å²) in [5.74, 6) is 2.99. The molecule has 162 valence electrons. The van der Waals surface area contributed by atoms with Crippen molar-refractivity contribution < 1.29 is 44.2 Å². The number of benzene rings is 2. The number of hydrogen-bond donors (Lipinski definition) is 2. The second kappa shape index (κ2) is 8.01. The minimum atomic E-state index is 0.00379. The van der Waals surface area contributed by atoms with E-state index in [1.807, 2.05) is 17.5 Å². The van der Waals surface area contributed by atoms with E-state index < -0.39 is 0 Å². The van der Waals surface area contributed by atoms with Crippen LogP contribution in [0.4, 0.5) is 0 Å². The molecule has 1 aliphatic heterocycles. The van der Waals surface area contributed by atoms with Gasteiger partial charge in [-0.1, -0.05) is 13.8 Å². The van der Waals surface area contributed by atoms with Crippen molar-refractivity contribution in [3.8, 4) is 33.0 Å². The molecule has 0 amide bonds. The van der Waals surface area contributed by atoms with Gasteiger partial charge in [0.15, 0.2) is 0 Å². The molecule has 2 N–H and O–H groups in total. The molecule has 0 bridgehead atoms. The zero-order valence-electron chi connectivity index (χ0n) is 18.4. The number of fused-ring (bicyclic) bond motifs is 4. The Labute approximate surface area is 216 Å². The van der Waals surface area contributed by atoms with Crippen molar-refractivity contribution in [3.63, 3.8) is 0 Å². The van der Waals surface area contributed by atoms with E-state index in [-0.39, 0.29) is 44.2 Å². The zero-order chi connectivity index (χ0) is 22.0. The summed E-state index contributed by atoms with van der Waals surface area (Å²) in [7, 11) is 0. The van der Waals surface area contributed by atoms with Crippen molar-refractivity contribution in [1.29, 1.82) is 0 Å². The van der Waals surface area contributed by atoms with Crippen LogP contribution in [-0.4, -0.2) is 19.9 Å². The molecule has 6 rings (SSSR count). The molecule has 0 atom stereocenters. The third-order valence-electron chi connectivity index (χ3n) is 5.87. The van der Waals surface area contributed by atoms with Crippen LogP contribution in [0.1, 0.15) is 51.2 Å². The predicted octanol–water partition coefficient (Wildman–Crippen LogP) is 5.94. The average molecular weight is 556 g/mol. The summed E-state index contributed by atoms with van der Waals surface area (Å²) in [6, 6.07) is 16.0. The molecule has 0 aliphatic carbocycles. The number of nitrogens with one attached hydrogen (secondary N) is 2. The van der Waals surface area contributed by atoms with Crippen LogP contribution in [-0.2, 0) is 0 Å². The Kier molecular flexibility index (Phi) is 5.25. The number of nitrogens with zero attached hydrogens (tertiary/aromatic N) is 2. The Hall–Kier alpha value is -1.61. The van der Waals surface area contributed by atoms with Crippen molar-refractivity contribution in [2.24, 2.45) is 0 Å². The average Bonchev–Trinajstić information content (AvgIpc) is 3.53. The number of aromatic amines is 2. The number of rotatable bonds is 4. The molecule has 0 radical (unpaired) electrons. The predicted molar refractivity (Wildman–Crippen MR) is 130 cm³/mol. The first-order valence-corrected chi connectivity index (χ1v) is 13.8. The Balaban J connectivity index is 1.34. The topological polar surface area (TPSA) is 57.4 Å². The van der Waals surface area contributed by atoms with Crippen molar-refractivity contribution in [2.45, 2.75) is 39.5 Å². The van der Waals surface area contributed by atoms with Gasteiger partial charge in [0.1, 0.15) is 0 Å². The van der Waals surface area contributed by atoms with Crippen molar-refractivity contribution in [1.82, 2.24) is 19.9 Å². The minimum absolute atomic E-state index is 0.00379. The van der Waals surface area contributed by atoms with Crippen LogP contribution >= 0.6 is 11.3 Å². The molecule has 0 unspecified atom stereocenters. The zero-order valence-corrected chi connectivity index (χ0v) is 21.3. The molecule has 4 heterocycles.